The van der Waals surface area contributed by atoms with E-state index < -0.39 is 6.10 Å². The highest BCUT2D eigenvalue weighted by Crippen LogP contribution is 2.34. The van der Waals surface area contributed by atoms with E-state index in [2.05, 4.69) is 0 Å². The van der Waals surface area contributed by atoms with Crippen LogP contribution in [0.1, 0.15) is 23.7 Å². The Morgan fingerprint density at radius 2 is 2.00 bits per heavy atom. The lowest BCUT2D eigenvalue weighted by Crippen LogP contribution is -2.45. The highest BCUT2D eigenvalue weighted by Gasteiger charge is 2.31. The van der Waals surface area contributed by atoms with Crippen LogP contribution >= 0.6 is 11.6 Å². The molecule has 0 saturated heterocycles. The van der Waals surface area contributed by atoms with E-state index >= 15 is 0 Å². The third kappa shape index (κ3) is 3.94. The molecule has 0 aliphatic carbocycles. The van der Waals surface area contributed by atoms with Crippen LogP contribution in [0.5, 0.6) is 11.5 Å². The first-order chi connectivity index (χ1) is 12.1. The zero-order valence-electron chi connectivity index (χ0n) is 13.8. The molecule has 1 aliphatic rings. The summed E-state index contributed by atoms with van der Waals surface area (Å²) in [7, 11) is 0. The van der Waals surface area contributed by atoms with Crippen molar-refractivity contribution in [1.29, 1.82) is 0 Å². The fourth-order valence-corrected chi connectivity index (χ4v) is 2.80. The fourth-order valence-electron chi connectivity index (χ4n) is 2.67. The zero-order valence-corrected chi connectivity index (χ0v) is 14.5. The Balaban J connectivity index is 1.65. The van der Waals surface area contributed by atoms with Gasteiger partial charge in [-0.05, 0) is 55.8 Å². The summed E-state index contributed by atoms with van der Waals surface area (Å²) in [5.41, 5.74) is 1.13. The summed E-state index contributed by atoms with van der Waals surface area (Å²) in [5, 5.41) is 0.655. The lowest BCUT2D eigenvalue weighted by Gasteiger charge is -2.33. The van der Waals surface area contributed by atoms with E-state index in [0.717, 1.165) is 12.0 Å². The van der Waals surface area contributed by atoms with Crippen molar-refractivity contribution in [2.75, 3.05) is 18.1 Å². The summed E-state index contributed by atoms with van der Waals surface area (Å²) in [6.07, 6.45) is 0.850. The third-order valence-electron chi connectivity index (χ3n) is 3.94. The van der Waals surface area contributed by atoms with Crippen LogP contribution in [-0.4, -0.2) is 31.4 Å². The van der Waals surface area contributed by atoms with Gasteiger partial charge in [0.05, 0.1) is 12.3 Å². The van der Waals surface area contributed by atoms with Gasteiger partial charge in [-0.25, -0.2) is 0 Å². The second-order valence-electron chi connectivity index (χ2n) is 5.75. The van der Waals surface area contributed by atoms with Crippen LogP contribution in [0.3, 0.4) is 0 Å². The van der Waals surface area contributed by atoms with Crippen molar-refractivity contribution in [1.82, 2.24) is 0 Å². The van der Waals surface area contributed by atoms with Gasteiger partial charge < -0.3 is 14.4 Å². The first kappa shape index (κ1) is 17.3. The summed E-state index contributed by atoms with van der Waals surface area (Å²) in [6, 6.07) is 12.2. The molecular weight excluding hydrogens is 342 g/mol. The number of rotatable bonds is 6. The SMILES string of the molecule is CC1Oc2ccc(C=O)cc2N(CCCOc2ccc(Cl)cc2)C1=O. The van der Waals surface area contributed by atoms with Gasteiger partial charge in [0.15, 0.2) is 6.10 Å². The number of carbonyl (C=O) groups is 2. The maximum Gasteiger partial charge on any atom is 0.267 e. The van der Waals surface area contributed by atoms with Gasteiger partial charge in [-0.1, -0.05) is 11.6 Å². The van der Waals surface area contributed by atoms with Crippen LogP contribution in [-0.2, 0) is 4.79 Å². The molecule has 0 N–H and O–H groups in total. The Hall–Kier alpha value is -2.53. The molecule has 2 aromatic carbocycles. The van der Waals surface area contributed by atoms with Gasteiger partial charge in [0.25, 0.3) is 5.91 Å². The van der Waals surface area contributed by atoms with Crippen molar-refractivity contribution in [3.05, 3.63) is 53.1 Å². The monoisotopic (exact) mass is 359 g/mol. The topological polar surface area (TPSA) is 55.8 Å². The average Bonchev–Trinajstić information content (AvgIpc) is 2.62. The van der Waals surface area contributed by atoms with E-state index in [1.807, 2.05) is 0 Å². The molecule has 25 heavy (non-hydrogen) atoms. The number of halogens is 1. The summed E-state index contributed by atoms with van der Waals surface area (Å²) in [6.45, 7) is 2.66. The number of hydrogen-bond donors (Lipinski definition) is 0. The smallest absolute Gasteiger partial charge is 0.267 e. The lowest BCUT2D eigenvalue weighted by molar-refractivity contribution is -0.125. The molecule has 0 aromatic heterocycles. The van der Waals surface area contributed by atoms with Crippen LogP contribution < -0.4 is 14.4 Å². The number of ether oxygens (including phenoxy) is 2. The van der Waals surface area contributed by atoms with Crippen molar-refractivity contribution in [3.63, 3.8) is 0 Å². The second kappa shape index (κ2) is 7.57. The Labute approximate surface area is 151 Å². The molecule has 0 fully saturated rings. The standard InChI is InChI=1S/C19H18ClNO4/c1-13-19(23)21(17-11-14(12-22)3-8-18(17)25-13)9-2-10-24-16-6-4-15(20)5-7-16/h3-8,11-13H,2,9-10H2,1H3. The van der Waals surface area contributed by atoms with Crippen LogP contribution in [0, 0.1) is 0 Å². The van der Waals surface area contributed by atoms with Crippen molar-refractivity contribution >= 4 is 29.5 Å². The summed E-state index contributed by atoms with van der Waals surface area (Å²) >= 11 is 5.84. The number of carbonyl (C=O) groups excluding carboxylic acids is 2. The van der Waals surface area contributed by atoms with Gasteiger partial charge in [0, 0.05) is 17.1 Å². The van der Waals surface area contributed by atoms with Crippen molar-refractivity contribution in [2.24, 2.45) is 0 Å². The van der Waals surface area contributed by atoms with Crippen LogP contribution in [0.15, 0.2) is 42.5 Å². The number of fused-ring (bicyclic) bond motifs is 1. The van der Waals surface area contributed by atoms with Gasteiger partial charge in [0.2, 0.25) is 0 Å². The molecule has 130 valence electrons. The Morgan fingerprint density at radius 1 is 1.24 bits per heavy atom. The van der Waals surface area contributed by atoms with E-state index in [1.54, 1.807) is 54.3 Å². The Bertz CT molecular complexity index is 775. The zero-order chi connectivity index (χ0) is 17.8. The predicted octanol–water partition coefficient (Wildman–Crippen LogP) is 3.74. The van der Waals surface area contributed by atoms with Crippen LogP contribution in [0.25, 0.3) is 0 Å². The molecule has 1 aliphatic heterocycles. The Kier molecular flexibility index (Phi) is 5.24. The van der Waals surface area contributed by atoms with Crippen LogP contribution in [0.2, 0.25) is 5.02 Å². The van der Waals surface area contributed by atoms with E-state index in [1.165, 1.54) is 0 Å². The minimum Gasteiger partial charge on any atom is -0.494 e. The molecule has 2 aromatic rings. The largest absolute Gasteiger partial charge is 0.494 e. The van der Waals surface area contributed by atoms with Gasteiger partial charge in [-0.3, -0.25) is 9.59 Å². The quantitative estimate of drug-likeness (QED) is 0.582. The van der Waals surface area contributed by atoms with E-state index in [0.29, 0.717) is 41.6 Å². The minimum atomic E-state index is -0.549. The number of aldehydes is 1. The second-order valence-corrected chi connectivity index (χ2v) is 6.19. The van der Waals surface area contributed by atoms with Crippen LogP contribution in [0.4, 0.5) is 5.69 Å². The molecule has 0 spiro atoms. The molecule has 1 heterocycles. The maximum absolute atomic E-state index is 12.4. The molecular formula is C19H18ClNO4. The molecule has 1 amide bonds. The van der Waals surface area contributed by atoms with Crippen molar-refractivity contribution in [3.8, 4) is 11.5 Å². The first-order valence-electron chi connectivity index (χ1n) is 8.04. The molecule has 6 heteroatoms. The predicted molar refractivity (Wildman–Crippen MR) is 95.8 cm³/mol. The van der Waals surface area contributed by atoms with E-state index in [9.17, 15) is 9.59 Å². The van der Waals surface area contributed by atoms with Gasteiger partial charge >= 0.3 is 0 Å². The number of benzene rings is 2. The molecule has 5 nitrogen and oxygen atoms in total. The number of amides is 1. The number of anilines is 1. The highest BCUT2D eigenvalue weighted by molar-refractivity contribution is 6.30. The van der Waals surface area contributed by atoms with Gasteiger partial charge in [-0.2, -0.15) is 0 Å². The van der Waals surface area contributed by atoms with Gasteiger partial charge in [-0.15, -0.1) is 0 Å². The minimum absolute atomic E-state index is 0.123. The van der Waals surface area contributed by atoms with Crippen molar-refractivity contribution < 1.29 is 19.1 Å². The lowest BCUT2D eigenvalue weighted by atomic mass is 10.1. The molecule has 0 bridgehead atoms. The fraction of sp³-hybridized carbons (Fsp3) is 0.263. The van der Waals surface area contributed by atoms with E-state index in [-0.39, 0.29) is 5.91 Å². The summed E-state index contributed by atoms with van der Waals surface area (Å²) in [4.78, 5) is 25.1. The molecule has 0 saturated carbocycles. The normalized spacial score (nSPS) is 16.2. The highest BCUT2D eigenvalue weighted by atomic mass is 35.5. The third-order valence-corrected chi connectivity index (χ3v) is 4.19. The first-order valence-corrected chi connectivity index (χ1v) is 8.42. The molecule has 3 rings (SSSR count). The average molecular weight is 360 g/mol. The Morgan fingerprint density at radius 3 is 2.72 bits per heavy atom. The molecule has 1 unspecified atom stereocenters. The molecule has 0 radical (unpaired) electrons. The van der Waals surface area contributed by atoms with E-state index in [4.69, 9.17) is 21.1 Å². The maximum atomic E-state index is 12.4. The summed E-state index contributed by atoms with van der Waals surface area (Å²) in [5.74, 6) is 1.22. The van der Waals surface area contributed by atoms with Crippen molar-refractivity contribution in [2.45, 2.75) is 19.4 Å². The summed E-state index contributed by atoms with van der Waals surface area (Å²) < 4.78 is 11.3. The van der Waals surface area contributed by atoms with Gasteiger partial charge in [0.1, 0.15) is 17.8 Å². The molecule has 1 atom stereocenters. The number of nitrogens with zero attached hydrogens (tertiary/aromatic N) is 1. The number of hydrogen-bond acceptors (Lipinski definition) is 4.